The van der Waals surface area contributed by atoms with Crippen LogP contribution in [0.4, 0.5) is 0 Å². The minimum atomic E-state index is -0.297. The molecular formula is C45H29N3OS2. The molecule has 1 aliphatic rings. The molecule has 242 valence electrons. The smallest absolute Gasteiger partial charge is 0.135 e. The van der Waals surface area contributed by atoms with Crippen LogP contribution >= 0.6 is 22.7 Å². The SMILES string of the molecule is c1ccc(C2NC(c3cccc4c3sc3ccc(-c5cccc6c5sc5ccccc56)cc34)=NC(c3cccc4oc5ccccc5c34)N2)cc1. The monoisotopic (exact) mass is 691 g/mol. The summed E-state index contributed by atoms with van der Waals surface area (Å²) >= 11 is 3.72. The highest BCUT2D eigenvalue weighted by Gasteiger charge is 2.28. The van der Waals surface area contributed by atoms with Gasteiger partial charge in [0.25, 0.3) is 0 Å². The Hall–Kier alpha value is -5.79. The summed E-state index contributed by atoms with van der Waals surface area (Å²) in [7, 11) is 0. The Bertz CT molecular complexity index is 3010. The van der Waals surface area contributed by atoms with Crippen LogP contribution in [0.3, 0.4) is 0 Å². The minimum Gasteiger partial charge on any atom is -0.456 e. The highest BCUT2D eigenvalue weighted by atomic mass is 32.1. The van der Waals surface area contributed by atoms with Crippen LogP contribution in [0.15, 0.2) is 161 Å². The maximum absolute atomic E-state index is 6.29. The van der Waals surface area contributed by atoms with Crippen molar-refractivity contribution in [3.05, 3.63) is 168 Å². The summed E-state index contributed by atoms with van der Waals surface area (Å²) in [5.74, 6) is 0.879. The van der Waals surface area contributed by atoms with Crippen LogP contribution in [0.2, 0.25) is 0 Å². The molecule has 0 spiro atoms. The van der Waals surface area contributed by atoms with Crippen molar-refractivity contribution < 1.29 is 4.42 Å². The number of thiophene rings is 2. The zero-order valence-electron chi connectivity index (χ0n) is 27.3. The molecule has 0 radical (unpaired) electrons. The van der Waals surface area contributed by atoms with E-state index in [9.17, 15) is 0 Å². The fourth-order valence-corrected chi connectivity index (χ4v) is 10.3. The Morgan fingerprint density at radius 3 is 2.08 bits per heavy atom. The van der Waals surface area contributed by atoms with Crippen molar-refractivity contribution in [1.82, 2.24) is 10.6 Å². The van der Waals surface area contributed by atoms with Crippen molar-refractivity contribution in [3.8, 4) is 11.1 Å². The van der Waals surface area contributed by atoms with E-state index in [-0.39, 0.29) is 12.3 Å². The van der Waals surface area contributed by atoms with Crippen molar-refractivity contribution >= 4 is 90.8 Å². The standard InChI is InChI=1S/C45H29N3OS2/c1-2-11-26(12-3-1)43-46-44(33-18-10-21-37-40(33)32-14-4-6-20-36(32)49-37)48-45(47-43)34-19-9-17-31-35-25-27(23-24-39(35)51-42(31)34)28-15-8-16-30-29-13-5-7-22-38(29)50-41(28)30/h1-25,43-44,46H,(H,47,48). The van der Waals surface area contributed by atoms with Crippen LogP contribution in [-0.2, 0) is 0 Å². The number of amidine groups is 1. The van der Waals surface area contributed by atoms with Gasteiger partial charge in [-0.1, -0.05) is 115 Å². The van der Waals surface area contributed by atoms with E-state index < -0.39 is 0 Å². The van der Waals surface area contributed by atoms with E-state index in [2.05, 4.69) is 144 Å². The number of hydrogen-bond donors (Lipinski definition) is 2. The van der Waals surface area contributed by atoms with Crippen LogP contribution in [0, 0.1) is 0 Å². The third-order valence-corrected chi connectivity index (χ3v) is 12.6. The fourth-order valence-electron chi connectivity index (χ4n) is 7.83. The van der Waals surface area contributed by atoms with E-state index in [1.165, 1.54) is 51.5 Å². The average Bonchev–Trinajstić information content (AvgIpc) is 3.89. The van der Waals surface area contributed by atoms with Crippen molar-refractivity contribution in [3.63, 3.8) is 0 Å². The van der Waals surface area contributed by atoms with E-state index >= 15 is 0 Å². The fraction of sp³-hybridized carbons (Fsp3) is 0.0444. The summed E-state index contributed by atoms with van der Waals surface area (Å²) in [6.07, 6.45) is -0.440. The Kier molecular flexibility index (Phi) is 6.46. The molecule has 4 nitrogen and oxygen atoms in total. The van der Waals surface area contributed by atoms with Gasteiger partial charge in [0.05, 0.1) is 0 Å². The first-order valence-corrected chi connectivity index (χ1v) is 18.8. The number of fused-ring (bicyclic) bond motifs is 9. The third-order valence-electron chi connectivity index (χ3n) is 10.2. The molecule has 0 saturated carbocycles. The zero-order chi connectivity index (χ0) is 33.5. The molecule has 2 N–H and O–H groups in total. The summed E-state index contributed by atoms with van der Waals surface area (Å²) in [5.41, 5.74) is 7.64. The second-order valence-corrected chi connectivity index (χ2v) is 15.2. The Labute approximate surface area is 301 Å². The van der Waals surface area contributed by atoms with Gasteiger partial charge in [-0.2, -0.15) is 0 Å². The van der Waals surface area contributed by atoms with Crippen LogP contribution in [0.5, 0.6) is 0 Å². The number of rotatable bonds is 4. The van der Waals surface area contributed by atoms with Gasteiger partial charge in [0.2, 0.25) is 0 Å². The first-order chi connectivity index (χ1) is 25.3. The minimum absolute atomic E-state index is 0.143. The van der Waals surface area contributed by atoms with E-state index in [4.69, 9.17) is 9.41 Å². The van der Waals surface area contributed by atoms with Crippen molar-refractivity contribution in [2.45, 2.75) is 12.3 Å². The molecule has 0 aliphatic carbocycles. The maximum atomic E-state index is 6.29. The molecule has 7 aromatic carbocycles. The summed E-state index contributed by atoms with van der Waals surface area (Å²) in [5, 5.41) is 15.0. The van der Waals surface area contributed by atoms with Crippen LogP contribution in [0.25, 0.3) is 73.4 Å². The van der Waals surface area contributed by atoms with E-state index in [0.717, 1.165) is 44.5 Å². The maximum Gasteiger partial charge on any atom is 0.135 e. The van der Waals surface area contributed by atoms with E-state index in [1.807, 2.05) is 40.9 Å². The molecule has 3 aromatic heterocycles. The van der Waals surface area contributed by atoms with Crippen LogP contribution in [0.1, 0.15) is 29.0 Å². The molecule has 11 rings (SSSR count). The van der Waals surface area contributed by atoms with Gasteiger partial charge in [0.15, 0.2) is 0 Å². The summed E-state index contributed by atoms with van der Waals surface area (Å²) in [6, 6.07) is 54.2. The predicted octanol–water partition coefficient (Wildman–Crippen LogP) is 12.3. The number of furan rings is 1. The number of aliphatic imine (C=N–C) groups is 1. The summed E-state index contributed by atoms with van der Waals surface area (Å²) in [6.45, 7) is 0. The lowest BCUT2D eigenvalue weighted by atomic mass is 10.00. The molecule has 0 amide bonds. The van der Waals surface area contributed by atoms with Crippen molar-refractivity contribution in [2.75, 3.05) is 0 Å². The number of nitrogens with zero attached hydrogens (tertiary/aromatic N) is 1. The molecule has 2 unspecified atom stereocenters. The molecule has 1 aliphatic heterocycles. The zero-order valence-corrected chi connectivity index (χ0v) is 28.9. The van der Waals surface area contributed by atoms with Gasteiger partial charge in [-0.3, -0.25) is 5.32 Å². The van der Waals surface area contributed by atoms with Crippen molar-refractivity contribution in [1.29, 1.82) is 0 Å². The molecule has 6 heteroatoms. The van der Waals surface area contributed by atoms with Crippen LogP contribution < -0.4 is 10.6 Å². The summed E-state index contributed by atoms with van der Waals surface area (Å²) < 4.78 is 11.5. The van der Waals surface area contributed by atoms with Crippen LogP contribution in [-0.4, -0.2) is 5.84 Å². The number of nitrogens with one attached hydrogen (secondary N) is 2. The number of benzene rings is 7. The lowest BCUT2D eigenvalue weighted by Crippen LogP contribution is -2.45. The predicted molar refractivity (Wildman–Crippen MR) is 216 cm³/mol. The molecule has 4 heterocycles. The topological polar surface area (TPSA) is 49.6 Å². The molecule has 51 heavy (non-hydrogen) atoms. The quantitative estimate of drug-likeness (QED) is 0.193. The van der Waals surface area contributed by atoms with Gasteiger partial charge in [-0.15, -0.1) is 22.7 Å². The highest BCUT2D eigenvalue weighted by molar-refractivity contribution is 7.26. The molecule has 2 atom stereocenters. The number of hydrogen-bond acceptors (Lipinski definition) is 6. The van der Waals surface area contributed by atoms with Gasteiger partial charge in [-0.25, -0.2) is 4.99 Å². The normalized spacial score (nSPS) is 16.4. The molecular weight excluding hydrogens is 663 g/mol. The average molecular weight is 692 g/mol. The van der Waals surface area contributed by atoms with Gasteiger partial charge >= 0.3 is 0 Å². The van der Waals surface area contributed by atoms with Crippen molar-refractivity contribution in [2.24, 2.45) is 4.99 Å². The second kappa shape index (κ2) is 11.4. The molecule has 0 saturated heterocycles. The lowest BCUT2D eigenvalue weighted by Gasteiger charge is -2.32. The second-order valence-electron chi connectivity index (χ2n) is 13.1. The molecule has 0 bridgehead atoms. The Morgan fingerprint density at radius 1 is 0.529 bits per heavy atom. The highest BCUT2D eigenvalue weighted by Crippen LogP contribution is 2.43. The number of para-hydroxylation sites is 1. The van der Waals surface area contributed by atoms with E-state index in [0.29, 0.717) is 0 Å². The first-order valence-electron chi connectivity index (χ1n) is 17.2. The van der Waals surface area contributed by atoms with Gasteiger partial charge in [0, 0.05) is 62.2 Å². The van der Waals surface area contributed by atoms with E-state index in [1.54, 1.807) is 0 Å². The lowest BCUT2D eigenvalue weighted by molar-refractivity contribution is 0.411. The largest absolute Gasteiger partial charge is 0.456 e. The Balaban J connectivity index is 1.08. The van der Waals surface area contributed by atoms with Gasteiger partial charge in [-0.05, 0) is 53.1 Å². The molecule has 10 aromatic rings. The first kappa shape index (κ1) is 29.0. The third kappa shape index (κ3) is 4.58. The Morgan fingerprint density at radius 2 is 1.20 bits per heavy atom. The van der Waals surface area contributed by atoms with Gasteiger partial charge < -0.3 is 9.73 Å². The molecule has 0 fully saturated rings. The summed E-state index contributed by atoms with van der Waals surface area (Å²) in [4.78, 5) is 5.44. The van der Waals surface area contributed by atoms with Gasteiger partial charge in [0.1, 0.15) is 29.3 Å².